The van der Waals surface area contributed by atoms with E-state index in [4.69, 9.17) is 15.6 Å². The van der Waals surface area contributed by atoms with Gasteiger partial charge in [0.2, 0.25) is 11.2 Å². The molecule has 1 heterocycles. The number of anilines is 1. The predicted molar refractivity (Wildman–Crippen MR) is 67.0 cm³/mol. The van der Waals surface area contributed by atoms with E-state index in [9.17, 15) is 18.4 Å². The SMILES string of the molecule is COc1c(F)c(F)c(N)c2c(=O)c(C(=O)O)cn(C)c12. The number of carboxylic acid groups (broad SMARTS) is 1. The molecular weight excluding hydrogens is 274 g/mol. The Labute approximate surface area is 111 Å². The summed E-state index contributed by atoms with van der Waals surface area (Å²) < 4.78 is 33.3. The largest absolute Gasteiger partial charge is 0.491 e. The third kappa shape index (κ3) is 1.68. The van der Waals surface area contributed by atoms with Gasteiger partial charge in [0, 0.05) is 13.2 Å². The summed E-state index contributed by atoms with van der Waals surface area (Å²) in [5, 5.41) is 8.51. The maximum Gasteiger partial charge on any atom is 0.341 e. The molecule has 0 saturated carbocycles. The molecule has 0 atom stereocenters. The maximum absolute atomic E-state index is 13.8. The lowest BCUT2D eigenvalue weighted by molar-refractivity contribution is 0.0695. The van der Waals surface area contributed by atoms with Crippen LogP contribution >= 0.6 is 0 Å². The van der Waals surface area contributed by atoms with E-state index in [0.29, 0.717) is 0 Å². The Bertz CT molecular complexity index is 799. The van der Waals surface area contributed by atoms with E-state index in [1.54, 1.807) is 0 Å². The van der Waals surface area contributed by atoms with E-state index in [0.717, 1.165) is 17.9 Å². The Morgan fingerprint density at radius 1 is 1.40 bits per heavy atom. The Hall–Kier alpha value is -2.64. The Morgan fingerprint density at radius 2 is 2.00 bits per heavy atom. The van der Waals surface area contributed by atoms with Gasteiger partial charge >= 0.3 is 5.97 Å². The molecule has 8 heteroatoms. The molecule has 1 aromatic carbocycles. The minimum Gasteiger partial charge on any atom is -0.491 e. The van der Waals surface area contributed by atoms with Crippen molar-refractivity contribution >= 4 is 22.6 Å². The first-order valence-electron chi connectivity index (χ1n) is 5.38. The van der Waals surface area contributed by atoms with Gasteiger partial charge in [-0.05, 0) is 0 Å². The highest BCUT2D eigenvalue weighted by Crippen LogP contribution is 2.34. The van der Waals surface area contributed by atoms with Crippen LogP contribution in [0, 0.1) is 11.6 Å². The minimum absolute atomic E-state index is 0.112. The molecule has 6 nitrogen and oxygen atoms in total. The van der Waals surface area contributed by atoms with Crippen LogP contribution in [0.5, 0.6) is 5.75 Å². The molecule has 106 valence electrons. The summed E-state index contributed by atoms with van der Waals surface area (Å²) in [7, 11) is 2.47. The van der Waals surface area contributed by atoms with Crippen LogP contribution < -0.4 is 15.9 Å². The fourth-order valence-corrected chi connectivity index (χ4v) is 2.03. The number of methoxy groups -OCH3 is 1. The number of nitrogen functional groups attached to an aromatic ring is 1. The van der Waals surface area contributed by atoms with Crippen molar-refractivity contribution in [1.29, 1.82) is 0 Å². The number of benzene rings is 1. The summed E-state index contributed by atoms with van der Waals surface area (Å²) in [5.74, 6) is -4.79. The normalized spacial score (nSPS) is 10.8. The number of aromatic carboxylic acids is 1. The first-order chi connectivity index (χ1) is 9.31. The van der Waals surface area contributed by atoms with Gasteiger partial charge in [-0.1, -0.05) is 0 Å². The monoisotopic (exact) mass is 284 g/mol. The number of carbonyl (C=O) groups is 1. The van der Waals surface area contributed by atoms with Crippen LogP contribution in [0.1, 0.15) is 10.4 Å². The van der Waals surface area contributed by atoms with E-state index in [2.05, 4.69) is 0 Å². The highest BCUT2D eigenvalue weighted by atomic mass is 19.2. The standard InChI is InChI=1S/C12H10F2N2O4/c1-16-3-4(12(18)19)10(17)5-8(15)6(13)7(14)11(20-2)9(5)16/h3H,15H2,1-2H3,(H,18,19). The molecule has 2 rings (SSSR count). The van der Waals surface area contributed by atoms with E-state index in [-0.39, 0.29) is 5.52 Å². The number of hydrogen-bond donors (Lipinski definition) is 2. The Balaban J connectivity index is 3.18. The van der Waals surface area contributed by atoms with Crippen LogP contribution in [0.25, 0.3) is 10.9 Å². The molecule has 20 heavy (non-hydrogen) atoms. The molecule has 0 spiro atoms. The summed E-state index contributed by atoms with van der Waals surface area (Å²) in [6.45, 7) is 0. The van der Waals surface area contributed by atoms with Crippen molar-refractivity contribution in [3.63, 3.8) is 0 Å². The van der Waals surface area contributed by atoms with Crippen molar-refractivity contribution in [1.82, 2.24) is 4.57 Å². The molecular formula is C12H10F2N2O4. The fourth-order valence-electron chi connectivity index (χ4n) is 2.03. The first kappa shape index (κ1) is 13.8. The summed E-state index contributed by atoms with van der Waals surface area (Å²) in [4.78, 5) is 23.0. The number of aryl methyl sites for hydroxylation is 1. The average Bonchev–Trinajstić information content (AvgIpc) is 2.39. The van der Waals surface area contributed by atoms with Gasteiger partial charge < -0.3 is 20.1 Å². The fraction of sp³-hybridized carbons (Fsp3) is 0.167. The van der Waals surface area contributed by atoms with Crippen molar-refractivity contribution in [3.05, 3.63) is 33.6 Å². The number of ether oxygens (including phenoxy) is 1. The van der Waals surface area contributed by atoms with Gasteiger partial charge in [-0.15, -0.1) is 0 Å². The number of carboxylic acids is 1. The highest BCUT2D eigenvalue weighted by Gasteiger charge is 2.25. The van der Waals surface area contributed by atoms with E-state index in [1.165, 1.54) is 7.05 Å². The van der Waals surface area contributed by atoms with E-state index < -0.39 is 45.4 Å². The number of nitrogens with zero attached hydrogens (tertiary/aromatic N) is 1. The zero-order valence-electron chi connectivity index (χ0n) is 10.5. The van der Waals surface area contributed by atoms with Gasteiger partial charge in [-0.3, -0.25) is 4.79 Å². The minimum atomic E-state index is -1.49. The molecule has 0 fully saturated rings. The molecule has 2 aromatic rings. The molecule has 1 aromatic heterocycles. The lowest BCUT2D eigenvalue weighted by Gasteiger charge is -2.14. The van der Waals surface area contributed by atoms with Gasteiger partial charge in [-0.25, -0.2) is 9.18 Å². The van der Waals surface area contributed by atoms with Gasteiger partial charge in [0.15, 0.2) is 11.6 Å². The van der Waals surface area contributed by atoms with Gasteiger partial charge in [0.05, 0.1) is 23.7 Å². The summed E-state index contributed by atoms with van der Waals surface area (Å²) in [5.41, 5.74) is 2.95. The number of rotatable bonds is 2. The second-order valence-electron chi connectivity index (χ2n) is 4.09. The first-order valence-corrected chi connectivity index (χ1v) is 5.38. The summed E-state index contributed by atoms with van der Waals surface area (Å²) in [6, 6.07) is 0. The molecule has 0 bridgehead atoms. The zero-order valence-corrected chi connectivity index (χ0v) is 10.5. The van der Waals surface area contributed by atoms with Crippen molar-refractivity contribution in [2.75, 3.05) is 12.8 Å². The molecule has 0 saturated heterocycles. The van der Waals surface area contributed by atoms with E-state index in [1.807, 2.05) is 0 Å². The van der Waals surface area contributed by atoms with Crippen LogP contribution in [-0.2, 0) is 7.05 Å². The molecule has 0 aliphatic rings. The molecule has 0 amide bonds. The predicted octanol–water partition coefficient (Wildman–Crippen LogP) is 1.11. The molecule has 0 unspecified atom stereocenters. The van der Waals surface area contributed by atoms with Gasteiger partial charge in [0.1, 0.15) is 5.56 Å². The molecule has 0 aliphatic heterocycles. The van der Waals surface area contributed by atoms with E-state index >= 15 is 0 Å². The summed E-state index contributed by atoms with van der Waals surface area (Å²) in [6.07, 6.45) is 0.992. The molecule has 0 radical (unpaired) electrons. The van der Waals surface area contributed by atoms with Crippen LogP contribution in [0.15, 0.2) is 11.0 Å². The van der Waals surface area contributed by atoms with Gasteiger partial charge in [0.25, 0.3) is 0 Å². The number of nitrogens with two attached hydrogens (primary N) is 1. The second kappa shape index (κ2) is 4.48. The third-order valence-electron chi connectivity index (χ3n) is 2.93. The summed E-state index contributed by atoms with van der Waals surface area (Å²) >= 11 is 0. The number of halogens is 2. The second-order valence-corrected chi connectivity index (χ2v) is 4.09. The van der Waals surface area contributed by atoms with Crippen LogP contribution in [0.4, 0.5) is 14.5 Å². The lowest BCUT2D eigenvalue weighted by Crippen LogP contribution is -2.20. The molecule has 3 N–H and O–H groups in total. The maximum atomic E-state index is 13.8. The van der Waals surface area contributed by atoms with Gasteiger partial charge in [-0.2, -0.15) is 4.39 Å². The van der Waals surface area contributed by atoms with Crippen molar-refractivity contribution in [2.45, 2.75) is 0 Å². The number of pyridine rings is 1. The zero-order chi connectivity index (χ0) is 15.2. The van der Waals surface area contributed by atoms with Crippen LogP contribution in [-0.4, -0.2) is 22.8 Å². The Kier molecular flexibility index (Phi) is 3.09. The Morgan fingerprint density at radius 3 is 2.50 bits per heavy atom. The van der Waals surface area contributed by atoms with Crippen LogP contribution in [0.2, 0.25) is 0 Å². The highest BCUT2D eigenvalue weighted by molar-refractivity contribution is 5.99. The number of aromatic nitrogens is 1. The quantitative estimate of drug-likeness (QED) is 0.805. The van der Waals surface area contributed by atoms with Crippen molar-refractivity contribution < 1.29 is 23.4 Å². The lowest BCUT2D eigenvalue weighted by atomic mass is 10.1. The smallest absolute Gasteiger partial charge is 0.341 e. The third-order valence-corrected chi connectivity index (χ3v) is 2.93. The molecule has 0 aliphatic carbocycles. The van der Waals surface area contributed by atoms with Crippen molar-refractivity contribution in [2.24, 2.45) is 7.05 Å². The number of hydrogen-bond acceptors (Lipinski definition) is 4. The number of fused-ring (bicyclic) bond motifs is 1. The van der Waals surface area contributed by atoms with Crippen molar-refractivity contribution in [3.8, 4) is 5.75 Å². The van der Waals surface area contributed by atoms with Crippen LogP contribution in [0.3, 0.4) is 0 Å². The average molecular weight is 284 g/mol. The topological polar surface area (TPSA) is 94.6 Å².